The maximum absolute atomic E-state index is 12.7. The fourth-order valence-corrected chi connectivity index (χ4v) is 8.89. The number of esters is 2. The number of aliphatic hydroxyl groups excluding tert-OH is 1. The minimum absolute atomic E-state index is 0.00328. The number of ketones is 1. The maximum atomic E-state index is 12.7. The molecule has 0 bridgehead atoms. The highest BCUT2D eigenvalue weighted by Gasteiger charge is 2.65. The number of ether oxygens (including phenoxy) is 2. The summed E-state index contributed by atoms with van der Waals surface area (Å²) in [6, 6.07) is 0. The molecule has 0 aromatic carbocycles. The number of aliphatic hydroxyl groups is 1. The van der Waals surface area contributed by atoms with Gasteiger partial charge in [-0.15, -0.1) is 0 Å². The number of carbonyl (C=O) groups excluding carboxylic acids is 3. The lowest BCUT2D eigenvalue weighted by Crippen LogP contribution is -2.64. The average Bonchev–Trinajstić information content (AvgIpc) is 2.67. The standard InChI is InChI=1S/C29H42O6/c1-16-11-23(34-17(2)30)20(13-21(16)32)19-12-22(33)25-28(6,14-19)15-24(35-18(3)31)26-27(4,5)9-8-10-29(25,26)7/h11-12,20,22-26,33H,8-10,13-15H2,1-7H3. The highest BCUT2D eigenvalue weighted by atomic mass is 16.5. The second-order valence-electron chi connectivity index (χ2n) is 12.9. The first-order valence-corrected chi connectivity index (χ1v) is 13.1. The molecule has 4 aliphatic rings. The van der Waals surface area contributed by atoms with Gasteiger partial charge in [0.2, 0.25) is 0 Å². The first-order chi connectivity index (χ1) is 16.2. The Morgan fingerprint density at radius 2 is 1.66 bits per heavy atom. The van der Waals surface area contributed by atoms with E-state index in [1.165, 1.54) is 13.8 Å². The Morgan fingerprint density at radius 3 is 2.29 bits per heavy atom. The number of fused-ring (bicyclic) bond motifs is 3. The van der Waals surface area contributed by atoms with Crippen LogP contribution in [0.25, 0.3) is 0 Å². The SMILES string of the molecule is CC(=O)OC1C=C(C)C(=O)CC1C1=CC(O)C2C(C)(C1)CC(OC(C)=O)C1C(C)(C)CCCC12C. The van der Waals surface area contributed by atoms with Crippen LogP contribution in [0.5, 0.6) is 0 Å². The molecule has 6 nitrogen and oxygen atoms in total. The molecule has 194 valence electrons. The summed E-state index contributed by atoms with van der Waals surface area (Å²) in [7, 11) is 0. The Kier molecular flexibility index (Phi) is 6.61. The molecule has 0 radical (unpaired) electrons. The van der Waals surface area contributed by atoms with Gasteiger partial charge in [-0.25, -0.2) is 0 Å². The summed E-state index contributed by atoms with van der Waals surface area (Å²) in [5.74, 6) is -0.718. The van der Waals surface area contributed by atoms with Crippen LogP contribution in [-0.4, -0.2) is 41.1 Å². The topological polar surface area (TPSA) is 89.9 Å². The lowest BCUT2D eigenvalue weighted by atomic mass is 9.40. The second-order valence-corrected chi connectivity index (χ2v) is 12.9. The predicted molar refractivity (Wildman–Crippen MR) is 132 cm³/mol. The van der Waals surface area contributed by atoms with Gasteiger partial charge in [-0.3, -0.25) is 14.4 Å². The van der Waals surface area contributed by atoms with E-state index in [4.69, 9.17) is 9.47 Å². The van der Waals surface area contributed by atoms with Gasteiger partial charge in [0.05, 0.1) is 6.10 Å². The van der Waals surface area contributed by atoms with Gasteiger partial charge in [0.25, 0.3) is 0 Å². The van der Waals surface area contributed by atoms with Crippen LogP contribution >= 0.6 is 0 Å². The molecule has 8 atom stereocenters. The van der Waals surface area contributed by atoms with E-state index in [-0.39, 0.29) is 64.2 Å². The van der Waals surface area contributed by atoms with Gasteiger partial charge in [-0.2, -0.15) is 0 Å². The summed E-state index contributed by atoms with van der Waals surface area (Å²) in [6.07, 6.45) is 7.04. The van der Waals surface area contributed by atoms with E-state index in [1.807, 2.05) is 6.08 Å². The van der Waals surface area contributed by atoms with Crippen molar-refractivity contribution in [1.29, 1.82) is 0 Å². The van der Waals surface area contributed by atoms with Gasteiger partial charge >= 0.3 is 11.9 Å². The minimum atomic E-state index is -0.677. The molecule has 0 spiro atoms. The molecule has 1 N–H and O–H groups in total. The highest BCUT2D eigenvalue weighted by molar-refractivity contribution is 5.96. The van der Waals surface area contributed by atoms with Gasteiger partial charge in [0.1, 0.15) is 12.2 Å². The van der Waals surface area contributed by atoms with Gasteiger partial charge in [-0.05, 0) is 60.5 Å². The average molecular weight is 487 g/mol. The molecule has 4 rings (SSSR count). The van der Waals surface area contributed by atoms with Crippen molar-refractivity contribution in [3.8, 4) is 0 Å². The van der Waals surface area contributed by atoms with Crippen LogP contribution < -0.4 is 0 Å². The molecular formula is C29H42O6. The molecule has 2 fully saturated rings. The van der Waals surface area contributed by atoms with Crippen LogP contribution in [0, 0.1) is 34.0 Å². The van der Waals surface area contributed by atoms with Crippen molar-refractivity contribution < 1.29 is 29.0 Å². The largest absolute Gasteiger partial charge is 0.462 e. The number of hydrogen-bond acceptors (Lipinski definition) is 6. The van der Waals surface area contributed by atoms with E-state index in [1.54, 1.807) is 13.0 Å². The van der Waals surface area contributed by atoms with Crippen LogP contribution in [-0.2, 0) is 23.9 Å². The molecule has 8 unspecified atom stereocenters. The molecule has 0 saturated heterocycles. The van der Waals surface area contributed by atoms with Crippen LogP contribution in [0.3, 0.4) is 0 Å². The van der Waals surface area contributed by atoms with Crippen LogP contribution in [0.4, 0.5) is 0 Å². The van der Waals surface area contributed by atoms with Crippen LogP contribution in [0.2, 0.25) is 0 Å². The normalized spacial score (nSPS) is 42.7. The summed E-state index contributed by atoms with van der Waals surface area (Å²) in [4.78, 5) is 36.7. The van der Waals surface area contributed by atoms with Crippen molar-refractivity contribution >= 4 is 17.7 Å². The zero-order valence-electron chi connectivity index (χ0n) is 22.3. The van der Waals surface area contributed by atoms with Crippen molar-refractivity contribution in [2.45, 2.75) is 105 Å². The molecule has 4 aliphatic carbocycles. The van der Waals surface area contributed by atoms with E-state index >= 15 is 0 Å². The fraction of sp³-hybridized carbons (Fsp3) is 0.759. The highest BCUT2D eigenvalue weighted by Crippen LogP contribution is 2.68. The van der Waals surface area contributed by atoms with E-state index in [0.717, 1.165) is 24.8 Å². The molecular weight excluding hydrogens is 444 g/mol. The Morgan fingerprint density at radius 1 is 1.00 bits per heavy atom. The molecule has 2 saturated carbocycles. The molecule has 0 aromatic heterocycles. The summed E-state index contributed by atoms with van der Waals surface area (Å²) in [6.45, 7) is 13.7. The quantitative estimate of drug-likeness (QED) is 0.449. The molecule has 0 aromatic rings. The zero-order valence-corrected chi connectivity index (χ0v) is 22.3. The zero-order chi connectivity index (χ0) is 25.9. The van der Waals surface area contributed by atoms with Gasteiger partial charge in [-0.1, -0.05) is 45.8 Å². The van der Waals surface area contributed by atoms with Crippen LogP contribution in [0.1, 0.15) is 87.0 Å². The summed E-state index contributed by atoms with van der Waals surface area (Å²) in [5.41, 5.74) is 1.07. The molecule has 35 heavy (non-hydrogen) atoms. The third-order valence-corrected chi connectivity index (χ3v) is 9.68. The smallest absolute Gasteiger partial charge is 0.303 e. The van der Waals surface area contributed by atoms with Crippen molar-refractivity contribution in [2.24, 2.45) is 34.0 Å². The van der Waals surface area contributed by atoms with E-state index < -0.39 is 12.2 Å². The Hall–Kier alpha value is -1.95. The molecule has 6 heteroatoms. The number of rotatable bonds is 3. The number of carbonyl (C=O) groups is 3. The first-order valence-electron chi connectivity index (χ1n) is 13.1. The van der Waals surface area contributed by atoms with Crippen molar-refractivity contribution in [3.05, 3.63) is 23.3 Å². The monoisotopic (exact) mass is 486 g/mol. The maximum Gasteiger partial charge on any atom is 0.303 e. The Bertz CT molecular complexity index is 976. The number of hydrogen-bond donors (Lipinski definition) is 1. The lowest BCUT2D eigenvalue weighted by Gasteiger charge is -2.66. The predicted octanol–water partition coefficient (Wildman–Crippen LogP) is 4.93. The summed E-state index contributed by atoms with van der Waals surface area (Å²) >= 11 is 0. The van der Waals surface area contributed by atoms with Gasteiger partial charge in [0.15, 0.2) is 5.78 Å². The van der Waals surface area contributed by atoms with E-state index in [2.05, 4.69) is 27.7 Å². The van der Waals surface area contributed by atoms with Crippen molar-refractivity contribution in [3.63, 3.8) is 0 Å². The van der Waals surface area contributed by atoms with Crippen LogP contribution in [0.15, 0.2) is 23.3 Å². The fourth-order valence-electron chi connectivity index (χ4n) is 8.89. The third-order valence-electron chi connectivity index (χ3n) is 9.68. The van der Waals surface area contributed by atoms with Gasteiger partial charge in [0, 0.05) is 38.0 Å². The number of allylic oxidation sites excluding steroid dienone is 1. The third kappa shape index (κ3) is 4.52. The van der Waals surface area contributed by atoms with Gasteiger partial charge < -0.3 is 14.6 Å². The Balaban J connectivity index is 1.76. The van der Waals surface area contributed by atoms with E-state index in [0.29, 0.717) is 18.4 Å². The summed E-state index contributed by atoms with van der Waals surface area (Å²) in [5, 5.41) is 11.7. The molecule has 0 heterocycles. The van der Waals surface area contributed by atoms with Crippen molar-refractivity contribution in [1.82, 2.24) is 0 Å². The van der Waals surface area contributed by atoms with Crippen molar-refractivity contribution in [2.75, 3.05) is 0 Å². The summed E-state index contributed by atoms with van der Waals surface area (Å²) < 4.78 is 11.7. The molecule has 0 amide bonds. The first kappa shape index (κ1) is 26.1. The second kappa shape index (κ2) is 8.86. The molecule has 0 aliphatic heterocycles. The minimum Gasteiger partial charge on any atom is -0.462 e. The lowest BCUT2D eigenvalue weighted by molar-refractivity contribution is -0.220. The number of Topliss-reactive ketones (excluding diaryl/α,β-unsaturated/α-hetero) is 1. The Labute approximate surface area is 209 Å². The van der Waals surface area contributed by atoms with E-state index in [9.17, 15) is 19.5 Å².